The summed E-state index contributed by atoms with van der Waals surface area (Å²) in [5.74, 6) is 0.478. The van der Waals surface area contributed by atoms with Crippen molar-refractivity contribution in [3.8, 4) is 0 Å². The van der Waals surface area contributed by atoms with Gasteiger partial charge in [0, 0.05) is 18.2 Å². The van der Waals surface area contributed by atoms with E-state index in [0.717, 1.165) is 31.6 Å². The first kappa shape index (κ1) is 16.2. The molecule has 0 amide bonds. The van der Waals surface area contributed by atoms with Crippen molar-refractivity contribution in [3.63, 3.8) is 0 Å². The van der Waals surface area contributed by atoms with Gasteiger partial charge < -0.3 is 4.74 Å². The van der Waals surface area contributed by atoms with E-state index in [1.54, 1.807) is 0 Å². The molecule has 0 radical (unpaired) electrons. The molecule has 1 aliphatic carbocycles. The maximum absolute atomic E-state index is 5.83. The molecule has 2 rings (SSSR count). The topological polar surface area (TPSA) is 21.6 Å². The van der Waals surface area contributed by atoms with E-state index in [1.165, 1.54) is 30.5 Å². The highest BCUT2D eigenvalue weighted by Gasteiger charge is 2.30. The molecule has 0 bridgehead atoms. The van der Waals surface area contributed by atoms with Crippen LogP contribution in [0.5, 0.6) is 0 Å². The van der Waals surface area contributed by atoms with Crippen LogP contribution in [0, 0.1) is 5.92 Å². The number of nitrogens with zero attached hydrogens (tertiary/aromatic N) is 1. The van der Waals surface area contributed by atoms with E-state index < -0.39 is 0 Å². The second kappa shape index (κ2) is 7.22. The van der Waals surface area contributed by atoms with Crippen LogP contribution in [0.3, 0.4) is 0 Å². The summed E-state index contributed by atoms with van der Waals surface area (Å²) >= 11 is 0. The SMILES string of the molecule is C=C(N=C(/C=C\C)C1CCOC(C)(C)C1)C1=CCCCC1. The summed E-state index contributed by atoms with van der Waals surface area (Å²) in [5, 5.41) is 0. The van der Waals surface area contributed by atoms with Crippen molar-refractivity contribution in [1.29, 1.82) is 0 Å². The van der Waals surface area contributed by atoms with E-state index in [9.17, 15) is 0 Å². The van der Waals surface area contributed by atoms with Crippen LogP contribution in [0.15, 0.2) is 41.1 Å². The number of ether oxygens (including phenoxy) is 1. The highest BCUT2D eigenvalue weighted by Crippen LogP contribution is 2.31. The van der Waals surface area contributed by atoms with Gasteiger partial charge in [-0.05, 0) is 70.9 Å². The Kier molecular flexibility index (Phi) is 5.58. The predicted octanol–water partition coefficient (Wildman–Crippen LogP) is 5.22. The molecule has 1 saturated heterocycles. The maximum atomic E-state index is 5.83. The summed E-state index contributed by atoms with van der Waals surface area (Å²) in [6.07, 6.45) is 13.5. The molecule has 21 heavy (non-hydrogen) atoms. The summed E-state index contributed by atoms with van der Waals surface area (Å²) in [5.41, 5.74) is 3.43. The van der Waals surface area contributed by atoms with Crippen molar-refractivity contribution in [2.24, 2.45) is 10.9 Å². The highest BCUT2D eigenvalue weighted by molar-refractivity contribution is 5.97. The van der Waals surface area contributed by atoms with Gasteiger partial charge in [0.2, 0.25) is 0 Å². The van der Waals surface area contributed by atoms with Crippen LogP contribution in [0.1, 0.15) is 59.3 Å². The quantitative estimate of drug-likeness (QED) is 0.649. The number of rotatable bonds is 4. The molecule has 0 saturated carbocycles. The minimum absolute atomic E-state index is 0.0449. The average molecular weight is 287 g/mol. The molecule has 0 aromatic carbocycles. The fourth-order valence-electron chi connectivity index (χ4n) is 3.25. The van der Waals surface area contributed by atoms with Crippen molar-refractivity contribution in [3.05, 3.63) is 36.1 Å². The van der Waals surface area contributed by atoms with Gasteiger partial charge in [-0.2, -0.15) is 0 Å². The smallest absolute Gasteiger partial charge is 0.0632 e. The molecule has 116 valence electrons. The Morgan fingerprint density at radius 3 is 2.86 bits per heavy atom. The molecule has 0 spiro atoms. The predicted molar refractivity (Wildman–Crippen MR) is 90.7 cm³/mol. The first-order chi connectivity index (χ1) is 10.0. The summed E-state index contributed by atoms with van der Waals surface area (Å²) in [7, 11) is 0. The molecule has 0 aromatic rings. The van der Waals surface area contributed by atoms with E-state index >= 15 is 0 Å². The first-order valence-electron chi connectivity index (χ1n) is 8.25. The van der Waals surface area contributed by atoms with Gasteiger partial charge in [-0.15, -0.1) is 0 Å². The second-order valence-corrected chi connectivity index (χ2v) is 6.76. The lowest BCUT2D eigenvalue weighted by Crippen LogP contribution is -2.36. The zero-order chi connectivity index (χ0) is 15.3. The number of aliphatic imine (C=N–C) groups is 1. The Morgan fingerprint density at radius 1 is 1.43 bits per heavy atom. The van der Waals surface area contributed by atoms with Gasteiger partial charge in [-0.3, -0.25) is 4.99 Å². The fourth-order valence-corrected chi connectivity index (χ4v) is 3.25. The van der Waals surface area contributed by atoms with Crippen LogP contribution in [0.4, 0.5) is 0 Å². The minimum atomic E-state index is -0.0449. The zero-order valence-corrected chi connectivity index (χ0v) is 13.8. The van der Waals surface area contributed by atoms with Gasteiger partial charge >= 0.3 is 0 Å². The Hall–Kier alpha value is -1.15. The van der Waals surface area contributed by atoms with E-state index in [-0.39, 0.29) is 5.60 Å². The third kappa shape index (κ3) is 4.67. The average Bonchev–Trinajstić information content (AvgIpc) is 2.46. The Balaban J connectivity index is 2.15. The minimum Gasteiger partial charge on any atom is -0.376 e. The fraction of sp³-hybridized carbons (Fsp3) is 0.632. The monoisotopic (exact) mass is 287 g/mol. The second-order valence-electron chi connectivity index (χ2n) is 6.76. The Morgan fingerprint density at radius 2 is 2.24 bits per heavy atom. The van der Waals surface area contributed by atoms with Gasteiger partial charge in [0.1, 0.15) is 0 Å². The van der Waals surface area contributed by atoms with Crippen LogP contribution < -0.4 is 0 Å². The Labute approximate surface area is 129 Å². The van der Waals surface area contributed by atoms with E-state index in [2.05, 4.69) is 45.6 Å². The van der Waals surface area contributed by atoms with E-state index in [4.69, 9.17) is 9.73 Å². The van der Waals surface area contributed by atoms with Crippen molar-refractivity contribution in [2.45, 2.75) is 64.9 Å². The first-order valence-corrected chi connectivity index (χ1v) is 8.25. The van der Waals surface area contributed by atoms with Crippen molar-refractivity contribution in [2.75, 3.05) is 6.61 Å². The van der Waals surface area contributed by atoms with Crippen molar-refractivity contribution in [1.82, 2.24) is 0 Å². The molecule has 2 heteroatoms. The van der Waals surface area contributed by atoms with Crippen LogP contribution >= 0.6 is 0 Å². The Bertz CT molecular complexity index is 468. The normalized spacial score (nSPS) is 26.7. The summed E-state index contributed by atoms with van der Waals surface area (Å²) < 4.78 is 5.83. The lowest BCUT2D eigenvalue weighted by molar-refractivity contribution is -0.0614. The molecule has 2 nitrogen and oxygen atoms in total. The van der Waals surface area contributed by atoms with Gasteiger partial charge in [-0.1, -0.05) is 18.7 Å². The van der Waals surface area contributed by atoms with Gasteiger partial charge in [0.25, 0.3) is 0 Å². The van der Waals surface area contributed by atoms with E-state index in [1.807, 2.05) is 0 Å². The maximum Gasteiger partial charge on any atom is 0.0632 e. The lowest BCUT2D eigenvalue weighted by Gasteiger charge is -2.35. The number of allylic oxidation sites excluding steroid dienone is 4. The third-order valence-electron chi connectivity index (χ3n) is 4.38. The third-order valence-corrected chi connectivity index (χ3v) is 4.38. The molecule has 0 aromatic heterocycles. The molecule has 2 aliphatic rings. The summed E-state index contributed by atoms with van der Waals surface area (Å²) in [6, 6.07) is 0. The molecular formula is C19H29NO. The summed E-state index contributed by atoms with van der Waals surface area (Å²) in [4.78, 5) is 4.89. The van der Waals surface area contributed by atoms with Gasteiger partial charge in [0.05, 0.1) is 11.3 Å². The molecule has 1 atom stereocenters. The largest absolute Gasteiger partial charge is 0.376 e. The van der Waals surface area contributed by atoms with Crippen LogP contribution in [-0.2, 0) is 4.74 Å². The summed E-state index contributed by atoms with van der Waals surface area (Å²) in [6.45, 7) is 11.4. The van der Waals surface area contributed by atoms with Crippen LogP contribution in [-0.4, -0.2) is 17.9 Å². The number of hydrogen-bond donors (Lipinski definition) is 0. The van der Waals surface area contributed by atoms with Crippen molar-refractivity contribution < 1.29 is 4.74 Å². The number of hydrogen-bond acceptors (Lipinski definition) is 2. The zero-order valence-electron chi connectivity index (χ0n) is 13.8. The van der Waals surface area contributed by atoms with Crippen LogP contribution in [0.25, 0.3) is 0 Å². The van der Waals surface area contributed by atoms with Crippen molar-refractivity contribution >= 4 is 5.71 Å². The molecule has 1 unspecified atom stereocenters. The molecule has 1 heterocycles. The van der Waals surface area contributed by atoms with Gasteiger partial charge in [0.15, 0.2) is 0 Å². The van der Waals surface area contributed by atoms with Gasteiger partial charge in [-0.25, -0.2) is 0 Å². The molecule has 0 N–H and O–H groups in total. The molecular weight excluding hydrogens is 258 g/mol. The standard InChI is InChI=1S/C19H29NO/c1-5-9-18(17-12-13-21-19(3,4)14-17)20-15(2)16-10-7-6-8-11-16/h5,9-10,17H,2,6-8,11-14H2,1,3-4H3/b9-5-,20-18?. The molecule has 1 fully saturated rings. The highest BCUT2D eigenvalue weighted by atomic mass is 16.5. The lowest BCUT2D eigenvalue weighted by atomic mass is 9.84. The van der Waals surface area contributed by atoms with Crippen LogP contribution in [0.2, 0.25) is 0 Å². The van der Waals surface area contributed by atoms with E-state index in [0.29, 0.717) is 5.92 Å². The molecule has 1 aliphatic heterocycles.